The van der Waals surface area contributed by atoms with E-state index in [1.165, 1.54) is 28.4 Å². The van der Waals surface area contributed by atoms with Gasteiger partial charge >= 0.3 is 14.3 Å². The molecule has 9 atom stereocenters. The third kappa shape index (κ3) is 16.2. The minimum Gasteiger partial charge on any atom is -0.497 e. The summed E-state index contributed by atoms with van der Waals surface area (Å²) in [6.45, 7) is 9.23. The first-order chi connectivity index (χ1) is 43.5. The Hall–Kier alpha value is -7.46. The second kappa shape index (κ2) is 31.5. The minimum absolute atomic E-state index is 0.0202. The second-order valence-corrected chi connectivity index (χ2v) is 25.0. The lowest BCUT2D eigenvalue weighted by molar-refractivity contribution is -0.121. The van der Waals surface area contributed by atoms with Crippen molar-refractivity contribution in [2.75, 3.05) is 52.5 Å². The van der Waals surface area contributed by atoms with Crippen LogP contribution in [-0.2, 0) is 47.2 Å². The van der Waals surface area contributed by atoms with E-state index < -0.39 is 89.0 Å². The molecule has 9 rings (SSSR count). The molecule has 26 nitrogen and oxygen atoms in total. The van der Waals surface area contributed by atoms with Gasteiger partial charge in [0.05, 0.1) is 84.2 Å². The number of aromatic nitrogens is 4. The number of carbonyl (C=O) groups is 3. The van der Waals surface area contributed by atoms with Gasteiger partial charge in [-0.1, -0.05) is 54.6 Å². The van der Waals surface area contributed by atoms with Gasteiger partial charge in [0.15, 0.2) is 12.0 Å². The van der Waals surface area contributed by atoms with Crippen LogP contribution >= 0.6 is 28.5 Å². The highest BCUT2D eigenvalue weighted by molar-refractivity contribution is 7.44. The third-order valence-corrected chi connectivity index (χ3v) is 19.0. The molecule has 3 aromatic heterocycles. The quantitative estimate of drug-likeness (QED) is 0.0156. The Labute approximate surface area is 526 Å². The van der Waals surface area contributed by atoms with Gasteiger partial charge in [-0.25, -0.2) is 14.4 Å². The maximum absolute atomic E-state index is 13.7. The van der Waals surface area contributed by atoms with Gasteiger partial charge in [-0.3, -0.25) is 33.3 Å². The topological polar surface area (TPSA) is 315 Å². The lowest BCUT2D eigenvalue weighted by atomic mass is 9.80. The van der Waals surface area contributed by atoms with Gasteiger partial charge < -0.3 is 67.6 Å². The number of nitrogens with one attached hydrogen (secondary N) is 5. The van der Waals surface area contributed by atoms with Gasteiger partial charge in [-0.2, -0.15) is 21.9 Å². The van der Waals surface area contributed by atoms with Crippen molar-refractivity contribution in [1.29, 1.82) is 10.5 Å². The highest BCUT2D eigenvalue weighted by Gasteiger charge is 2.47. The Kier molecular flexibility index (Phi) is 23.4. The van der Waals surface area contributed by atoms with E-state index in [0.717, 1.165) is 16.7 Å². The zero-order valence-electron chi connectivity index (χ0n) is 50.8. The van der Waals surface area contributed by atoms with Crippen molar-refractivity contribution < 1.29 is 60.7 Å². The Balaban J connectivity index is 1.04. The number of hydrogen-bond acceptors (Lipinski definition) is 21. The van der Waals surface area contributed by atoms with E-state index in [4.69, 9.17) is 46.3 Å². The fourth-order valence-corrected chi connectivity index (χ4v) is 14.2. The molecule has 0 spiro atoms. The van der Waals surface area contributed by atoms with Gasteiger partial charge in [0.25, 0.3) is 25.9 Å². The Bertz CT molecular complexity index is 3510. The largest absolute Gasteiger partial charge is 0.497 e. The molecule has 478 valence electrons. The number of methoxy groups -OCH3 is 2. The number of ether oxygens (including phenoxy) is 5. The predicted octanol–water partition coefficient (Wildman–Crippen LogP) is 8.00. The number of nitriles is 2. The van der Waals surface area contributed by atoms with Crippen molar-refractivity contribution in [3.63, 3.8) is 0 Å². The summed E-state index contributed by atoms with van der Waals surface area (Å²) in [5.74, 6) is 0.0976. The molecule has 3 aliphatic heterocycles. The summed E-state index contributed by atoms with van der Waals surface area (Å²) in [6.07, 6.45) is -3.54. The number of anilines is 1. The first-order valence-electron chi connectivity index (χ1n) is 29.2. The van der Waals surface area contributed by atoms with Crippen molar-refractivity contribution in [2.45, 2.75) is 128 Å². The molecule has 0 saturated carbocycles. The molecule has 5 N–H and O–H groups in total. The van der Waals surface area contributed by atoms with Crippen LogP contribution in [0.15, 0.2) is 118 Å². The standard InChI is InChI=1S/C61H73N11O15P2S/c1-38(2)72(39(3)4)88(81-28-11-25-62)86-47-31-52(70-33-40(5)56(74)69-60(70)77)85-50(47)35-83-89(82-29-12-26-63)87-48-32-53(71-37-65-54-55(71)67-59(68-58(54)76)66-51(73)23-27-64-57(75)41-24-30-90-36-41)84-49(48)34-80-61(42-13-9-8-10-14-42,43-15-19-45(78-6)20-16-43)44-17-21-46(79-7)22-18-44/h8-10,13-22,24,30,33,36-39,47-50,52-53,59,67H,11-12,23,27-29,31-32,34-35H2,1-7H3,(H,64,75)(H,66,73)(H,68,76)(H,69,74,77). The maximum atomic E-state index is 13.7. The van der Waals surface area contributed by atoms with Crippen LogP contribution in [0.5, 0.6) is 11.5 Å². The summed E-state index contributed by atoms with van der Waals surface area (Å²) in [5.41, 5.74) is 0.473. The molecule has 3 amide bonds. The zero-order valence-corrected chi connectivity index (χ0v) is 53.4. The molecular formula is C61H73N11O15P2S. The normalized spacial score (nSPS) is 20.4. The average molecular weight is 1290 g/mol. The molecule has 0 radical (unpaired) electrons. The lowest BCUT2D eigenvalue weighted by Crippen LogP contribution is -2.56. The molecule has 6 heterocycles. The van der Waals surface area contributed by atoms with E-state index in [1.54, 1.807) is 42.5 Å². The number of H-pyrrole nitrogens is 1. The van der Waals surface area contributed by atoms with Crippen molar-refractivity contribution in [1.82, 2.24) is 39.7 Å². The number of benzene rings is 3. The molecule has 3 aliphatic rings. The molecule has 2 saturated heterocycles. The third-order valence-electron chi connectivity index (χ3n) is 14.9. The molecule has 6 aromatic rings. The maximum Gasteiger partial charge on any atom is 0.333 e. The SMILES string of the molecule is COc1ccc(C(OCC2OC(n3cnc4c3NC(NC(=O)CCNC(=O)c3ccsc3)NC4=O)CC2OP(OCCC#N)OCC2OC(n3cc(C)c(=O)[nH]c3=O)CC2OP(OCCC#N)N(C(C)C)C(C)C)(c2ccccc2)c2ccc(OC)cc2)cc1. The smallest absolute Gasteiger partial charge is 0.333 e. The van der Waals surface area contributed by atoms with Crippen LogP contribution in [0.25, 0.3) is 0 Å². The predicted molar refractivity (Wildman–Crippen MR) is 332 cm³/mol. The van der Waals surface area contributed by atoms with Crippen LogP contribution in [0.3, 0.4) is 0 Å². The summed E-state index contributed by atoms with van der Waals surface area (Å²) in [7, 11) is -1.09. The Morgan fingerprint density at radius 3 is 2.02 bits per heavy atom. The summed E-state index contributed by atoms with van der Waals surface area (Å²) in [6, 6.07) is 30.6. The van der Waals surface area contributed by atoms with E-state index >= 15 is 0 Å². The lowest BCUT2D eigenvalue weighted by Gasteiger charge is -2.37. The summed E-state index contributed by atoms with van der Waals surface area (Å²) >= 11 is 1.38. The van der Waals surface area contributed by atoms with E-state index in [1.807, 2.05) is 107 Å². The fraction of sp³-hybridized carbons (Fsp3) is 0.443. The molecule has 0 aliphatic carbocycles. The number of imidazole rings is 1. The number of fused-ring (bicyclic) bond motifs is 1. The highest BCUT2D eigenvalue weighted by atomic mass is 32.1. The number of aromatic amines is 1. The second-order valence-electron chi connectivity index (χ2n) is 21.6. The Morgan fingerprint density at radius 2 is 1.41 bits per heavy atom. The molecule has 29 heteroatoms. The minimum atomic E-state index is -2.42. The first-order valence-corrected chi connectivity index (χ1v) is 32.4. The van der Waals surface area contributed by atoms with Crippen LogP contribution in [0.1, 0.15) is 115 Å². The van der Waals surface area contributed by atoms with Crippen molar-refractivity contribution in [3.8, 4) is 23.6 Å². The summed E-state index contributed by atoms with van der Waals surface area (Å²) < 4.78 is 70.4. The molecular weight excluding hydrogens is 1220 g/mol. The van der Waals surface area contributed by atoms with E-state index in [2.05, 4.69) is 48.0 Å². The molecule has 2 fully saturated rings. The van der Waals surface area contributed by atoms with E-state index in [9.17, 15) is 34.5 Å². The van der Waals surface area contributed by atoms with E-state index in [-0.39, 0.29) is 100 Å². The van der Waals surface area contributed by atoms with Crippen molar-refractivity contribution >= 4 is 52.0 Å². The van der Waals surface area contributed by atoms with Crippen molar-refractivity contribution in [3.05, 3.63) is 163 Å². The van der Waals surface area contributed by atoms with Crippen LogP contribution in [0.2, 0.25) is 0 Å². The average Bonchev–Trinajstić information content (AvgIpc) is 1.05. The molecule has 9 unspecified atom stereocenters. The molecule has 90 heavy (non-hydrogen) atoms. The zero-order chi connectivity index (χ0) is 63.9. The number of hydrogen-bond donors (Lipinski definition) is 5. The molecule has 0 bridgehead atoms. The highest BCUT2D eigenvalue weighted by Crippen LogP contribution is 2.52. The van der Waals surface area contributed by atoms with Gasteiger partial charge in [0.2, 0.25) is 5.91 Å². The summed E-state index contributed by atoms with van der Waals surface area (Å²) in [5, 5.41) is 34.2. The van der Waals surface area contributed by atoms with Gasteiger partial charge in [-0.15, -0.1) is 0 Å². The number of rotatable bonds is 31. The monoisotopic (exact) mass is 1290 g/mol. The number of carbonyl (C=O) groups excluding carboxylic acids is 3. The van der Waals surface area contributed by atoms with E-state index in [0.29, 0.717) is 17.1 Å². The van der Waals surface area contributed by atoms with Crippen LogP contribution < -0.4 is 42.0 Å². The van der Waals surface area contributed by atoms with Crippen LogP contribution in [0, 0.1) is 29.6 Å². The van der Waals surface area contributed by atoms with Gasteiger partial charge in [0.1, 0.15) is 47.6 Å². The van der Waals surface area contributed by atoms with Crippen molar-refractivity contribution in [2.24, 2.45) is 0 Å². The van der Waals surface area contributed by atoms with Crippen LogP contribution in [0.4, 0.5) is 5.82 Å². The number of thiophene rings is 1. The fourth-order valence-electron chi connectivity index (χ4n) is 10.6. The van der Waals surface area contributed by atoms with Gasteiger partial charge in [0, 0.05) is 60.6 Å². The summed E-state index contributed by atoms with van der Waals surface area (Å²) in [4.78, 5) is 72.4. The number of nitrogens with zero attached hydrogens (tertiary/aromatic N) is 6. The first kappa shape index (κ1) is 66.9. The Morgan fingerprint density at radius 1 is 0.800 bits per heavy atom. The molecule has 3 aromatic carbocycles. The van der Waals surface area contributed by atoms with Crippen LogP contribution in [-0.4, -0.2) is 131 Å². The number of amides is 3. The van der Waals surface area contributed by atoms with Gasteiger partial charge in [-0.05, 0) is 87.0 Å². The number of aryl methyl sites for hydroxylation is 1.